The topological polar surface area (TPSA) is 94.4 Å². The van der Waals surface area contributed by atoms with Crippen molar-refractivity contribution in [1.29, 1.82) is 0 Å². The minimum Gasteiger partial charge on any atom is -0.358 e. The van der Waals surface area contributed by atoms with Crippen molar-refractivity contribution in [3.8, 4) is 0 Å². The maximum absolute atomic E-state index is 12.4. The summed E-state index contributed by atoms with van der Waals surface area (Å²) in [6.07, 6.45) is 1.77. The summed E-state index contributed by atoms with van der Waals surface area (Å²) in [5.41, 5.74) is 6.24. The van der Waals surface area contributed by atoms with E-state index >= 15 is 0 Å². The van der Waals surface area contributed by atoms with E-state index in [9.17, 15) is 14.9 Å². The Kier molecular flexibility index (Phi) is 4.08. The van der Waals surface area contributed by atoms with E-state index in [0.29, 0.717) is 24.7 Å². The van der Waals surface area contributed by atoms with Crippen LogP contribution in [0.4, 0.5) is 5.82 Å². The second-order valence-electron chi connectivity index (χ2n) is 5.38. The van der Waals surface area contributed by atoms with Crippen molar-refractivity contribution >= 4 is 11.7 Å². The summed E-state index contributed by atoms with van der Waals surface area (Å²) in [7, 11) is 1.54. The van der Waals surface area contributed by atoms with Gasteiger partial charge >= 0.3 is 5.82 Å². The lowest BCUT2D eigenvalue weighted by Gasteiger charge is -2.33. The van der Waals surface area contributed by atoms with Crippen LogP contribution in [-0.4, -0.2) is 39.4 Å². The number of nitrogens with zero attached hydrogens (tertiary/aromatic N) is 3. The molecule has 0 spiro atoms. The Morgan fingerprint density at radius 2 is 2.05 bits per heavy atom. The summed E-state index contributed by atoms with van der Waals surface area (Å²) >= 11 is 0. The maximum Gasteiger partial charge on any atom is 0.323 e. The van der Waals surface area contributed by atoms with Crippen molar-refractivity contribution < 1.29 is 9.72 Å². The zero-order valence-corrected chi connectivity index (χ0v) is 11.8. The third-order valence-electron chi connectivity index (χ3n) is 4.07. The number of aromatic nitrogens is 1. The summed E-state index contributed by atoms with van der Waals surface area (Å²) in [5, 5.41) is 10.8. The summed E-state index contributed by atoms with van der Waals surface area (Å²) < 4.78 is 1.33. The molecule has 0 aliphatic carbocycles. The molecule has 2 rings (SSSR count). The van der Waals surface area contributed by atoms with Crippen LogP contribution in [0.25, 0.3) is 0 Å². The molecule has 0 saturated carbocycles. The normalized spacial score (nSPS) is 18.1. The number of nitro groups is 1. The quantitative estimate of drug-likeness (QED) is 0.663. The molecule has 110 valence electrons. The van der Waals surface area contributed by atoms with E-state index in [1.54, 1.807) is 11.9 Å². The van der Waals surface area contributed by atoms with Crippen LogP contribution in [0, 0.1) is 16.0 Å². The highest BCUT2D eigenvalue weighted by atomic mass is 16.6. The van der Waals surface area contributed by atoms with Gasteiger partial charge in [0.15, 0.2) is 5.69 Å². The van der Waals surface area contributed by atoms with Crippen LogP contribution in [0.1, 0.15) is 30.3 Å². The number of amides is 1. The lowest BCUT2D eigenvalue weighted by Crippen LogP contribution is -2.43. The highest BCUT2D eigenvalue weighted by molar-refractivity contribution is 5.93. The summed E-state index contributed by atoms with van der Waals surface area (Å²) in [6, 6.07) is 3.02. The molecule has 7 nitrogen and oxygen atoms in total. The van der Waals surface area contributed by atoms with E-state index in [0.717, 1.165) is 12.8 Å². The number of piperidine rings is 1. The van der Waals surface area contributed by atoms with Gasteiger partial charge in [-0.2, -0.15) is 0 Å². The molecule has 1 aliphatic rings. The predicted octanol–water partition coefficient (Wildman–Crippen LogP) is 1.13. The maximum atomic E-state index is 12.4. The molecule has 1 fully saturated rings. The van der Waals surface area contributed by atoms with E-state index in [4.69, 9.17) is 5.73 Å². The Morgan fingerprint density at radius 3 is 2.50 bits per heavy atom. The van der Waals surface area contributed by atoms with Gasteiger partial charge in [0, 0.05) is 25.2 Å². The lowest BCUT2D eigenvalue weighted by atomic mass is 9.91. The van der Waals surface area contributed by atoms with Crippen molar-refractivity contribution in [3.05, 3.63) is 27.9 Å². The summed E-state index contributed by atoms with van der Waals surface area (Å²) in [4.78, 5) is 24.4. The van der Waals surface area contributed by atoms with Crippen molar-refractivity contribution in [3.63, 3.8) is 0 Å². The van der Waals surface area contributed by atoms with Gasteiger partial charge in [-0.1, -0.05) is 0 Å². The van der Waals surface area contributed by atoms with Crippen LogP contribution in [0.15, 0.2) is 12.1 Å². The fourth-order valence-corrected chi connectivity index (χ4v) is 2.69. The Hall–Kier alpha value is -1.89. The smallest absolute Gasteiger partial charge is 0.323 e. The van der Waals surface area contributed by atoms with Gasteiger partial charge in [-0.05, 0) is 36.7 Å². The Bertz CT molecular complexity index is 516. The number of carbonyl (C=O) groups excluding carboxylic acids is 1. The Labute approximate surface area is 117 Å². The van der Waals surface area contributed by atoms with E-state index < -0.39 is 4.92 Å². The highest BCUT2D eigenvalue weighted by Crippen LogP contribution is 2.22. The van der Waals surface area contributed by atoms with Crippen LogP contribution in [0.3, 0.4) is 0 Å². The molecule has 2 heterocycles. The first-order valence-electron chi connectivity index (χ1n) is 6.76. The molecule has 1 saturated heterocycles. The molecule has 1 amide bonds. The molecule has 0 aromatic carbocycles. The van der Waals surface area contributed by atoms with Gasteiger partial charge in [-0.25, -0.2) is 4.57 Å². The molecule has 1 aromatic heterocycles. The molecule has 7 heteroatoms. The fourth-order valence-electron chi connectivity index (χ4n) is 2.69. The second kappa shape index (κ2) is 5.62. The number of hydrogen-bond acceptors (Lipinski definition) is 4. The first-order chi connectivity index (χ1) is 9.41. The van der Waals surface area contributed by atoms with E-state index in [1.165, 1.54) is 16.7 Å². The van der Waals surface area contributed by atoms with Crippen LogP contribution in [-0.2, 0) is 7.05 Å². The minimum atomic E-state index is -0.487. The molecule has 1 aliphatic heterocycles. The van der Waals surface area contributed by atoms with Gasteiger partial charge in [0.2, 0.25) is 0 Å². The molecule has 1 aromatic rings. The van der Waals surface area contributed by atoms with Gasteiger partial charge in [0.05, 0.1) is 7.05 Å². The molecule has 0 bridgehead atoms. The van der Waals surface area contributed by atoms with Crippen LogP contribution in [0.5, 0.6) is 0 Å². The third-order valence-corrected chi connectivity index (χ3v) is 4.07. The van der Waals surface area contributed by atoms with Crippen LogP contribution < -0.4 is 5.73 Å². The monoisotopic (exact) mass is 280 g/mol. The minimum absolute atomic E-state index is 0.0705. The Balaban J connectivity index is 2.08. The van der Waals surface area contributed by atoms with Gasteiger partial charge in [-0.15, -0.1) is 0 Å². The number of nitrogens with two attached hydrogens (primary N) is 1. The average Bonchev–Trinajstić information content (AvgIpc) is 2.80. The third kappa shape index (κ3) is 2.67. The van der Waals surface area contributed by atoms with Gasteiger partial charge in [-0.3, -0.25) is 4.79 Å². The van der Waals surface area contributed by atoms with Crippen molar-refractivity contribution in [1.82, 2.24) is 9.47 Å². The Morgan fingerprint density at radius 1 is 1.45 bits per heavy atom. The molecular formula is C13H20N4O3. The first-order valence-corrected chi connectivity index (χ1v) is 6.76. The number of likely N-dealkylation sites (tertiary alicyclic amines) is 1. The molecule has 1 unspecified atom stereocenters. The van der Waals surface area contributed by atoms with Crippen molar-refractivity contribution in [2.75, 3.05) is 13.1 Å². The van der Waals surface area contributed by atoms with Gasteiger partial charge in [0.1, 0.15) is 0 Å². The number of rotatable bonds is 3. The van der Waals surface area contributed by atoms with Gasteiger partial charge in [0.25, 0.3) is 5.91 Å². The zero-order chi connectivity index (χ0) is 14.9. The molecular weight excluding hydrogens is 260 g/mol. The number of hydrogen-bond donors (Lipinski definition) is 1. The lowest BCUT2D eigenvalue weighted by molar-refractivity contribution is -0.391. The number of carbonyl (C=O) groups is 1. The second-order valence-corrected chi connectivity index (χ2v) is 5.38. The highest BCUT2D eigenvalue weighted by Gasteiger charge is 2.29. The van der Waals surface area contributed by atoms with Crippen LogP contribution in [0.2, 0.25) is 0 Å². The first kappa shape index (κ1) is 14.5. The molecule has 0 radical (unpaired) electrons. The van der Waals surface area contributed by atoms with E-state index in [-0.39, 0.29) is 17.8 Å². The standard InChI is InChI=1S/C13H20N4O3/c1-9(14)10-5-7-16(8-6-10)13(18)11-3-4-12(15(11)2)17(19)20/h3-4,9-10H,5-8,14H2,1-2H3. The average molecular weight is 280 g/mol. The molecule has 2 N–H and O–H groups in total. The van der Waals surface area contributed by atoms with Crippen molar-refractivity contribution in [2.45, 2.75) is 25.8 Å². The van der Waals surface area contributed by atoms with E-state index in [1.807, 2.05) is 6.92 Å². The van der Waals surface area contributed by atoms with E-state index in [2.05, 4.69) is 0 Å². The SMILES string of the molecule is CC(N)C1CCN(C(=O)c2ccc([N+](=O)[O-])n2C)CC1. The van der Waals surface area contributed by atoms with Gasteiger partial charge < -0.3 is 20.7 Å². The van der Waals surface area contributed by atoms with Crippen molar-refractivity contribution in [2.24, 2.45) is 18.7 Å². The largest absolute Gasteiger partial charge is 0.358 e. The summed E-state index contributed by atoms with van der Waals surface area (Å²) in [5.74, 6) is 0.226. The fraction of sp³-hybridized carbons (Fsp3) is 0.615. The zero-order valence-electron chi connectivity index (χ0n) is 11.8. The predicted molar refractivity (Wildman–Crippen MR) is 74.3 cm³/mol. The molecule has 20 heavy (non-hydrogen) atoms. The molecule has 1 atom stereocenters. The summed E-state index contributed by atoms with van der Waals surface area (Å²) in [6.45, 7) is 3.30. The van der Waals surface area contributed by atoms with Crippen LogP contribution >= 0.6 is 0 Å².